The van der Waals surface area contributed by atoms with Crippen LogP contribution in [0.4, 0.5) is 0 Å². The number of carbonyl (C=O) groups excluding carboxylic acids is 1. The molecule has 0 atom stereocenters. The van der Waals surface area contributed by atoms with E-state index < -0.39 is 0 Å². The minimum absolute atomic E-state index is 0.0134. The molecular formula is C24H25ClN2O5. The van der Waals surface area contributed by atoms with E-state index in [9.17, 15) is 4.79 Å². The molecule has 1 aromatic heterocycles. The summed E-state index contributed by atoms with van der Waals surface area (Å²) in [7, 11) is 3.22. The Morgan fingerprint density at radius 3 is 2.62 bits per heavy atom. The third-order valence-corrected chi connectivity index (χ3v) is 5.89. The molecule has 0 aliphatic carbocycles. The van der Waals surface area contributed by atoms with Gasteiger partial charge in [0.25, 0.3) is 0 Å². The number of ether oxygens (including phenoxy) is 3. The first-order valence-corrected chi connectivity index (χ1v) is 10.7. The highest BCUT2D eigenvalue weighted by atomic mass is 35.5. The van der Waals surface area contributed by atoms with Crippen LogP contribution in [0.25, 0.3) is 11.1 Å². The largest absolute Gasteiger partial charge is 0.496 e. The molecule has 1 amide bonds. The fraction of sp³-hybridized carbons (Fsp3) is 0.333. The molecule has 8 heteroatoms. The third-order valence-electron chi connectivity index (χ3n) is 5.65. The number of amides is 1. The summed E-state index contributed by atoms with van der Waals surface area (Å²) in [5.74, 6) is 2.58. The molecule has 2 aromatic carbocycles. The number of methoxy groups -OCH3 is 2. The summed E-state index contributed by atoms with van der Waals surface area (Å²) >= 11 is 6.25. The second kappa shape index (κ2) is 9.12. The van der Waals surface area contributed by atoms with Crippen molar-refractivity contribution in [1.82, 2.24) is 10.1 Å². The van der Waals surface area contributed by atoms with E-state index in [0.717, 1.165) is 27.9 Å². The minimum Gasteiger partial charge on any atom is -0.496 e. The maximum atomic E-state index is 13.1. The monoisotopic (exact) mass is 456 g/mol. The zero-order valence-electron chi connectivity index (χ0n) is 18.5. The quantitative estimate of drug-likeness (QED) is 0.559. The van der Waals surface area contributed by atoms with E-state index in [1.165, 1.54) is 0 Å². The Kier molecular flexibility index (Phi) is 6.28. The number of hydrogen-bond donors (Lipinski definition) is 0. The molecule has 32 heavy (non-hydrogen) atoms. The van der Waals surface area contributed by atoms with E-state index in [2.05, 4.69) is 5.16 Å². The van der Waals surface area contributed by atoms with Crippen LogP contribution in [0.5, 0.6) is 17.2 Å². The molecule has 3 aromatic rings. The van der Waals surface area contributed by atoms with E-state index in [-0.39, 0.29) is 12.3 Å². The Hall–Kier alpha value is -3.19. The second-order valence-corrected chi connectivity index (χ2v) is 8.09. The molecule has 0 saturated heterocycles. The molecule has 168 valence electrons. The van der Waals surface area contributed by atoms with Gasteiger partial charge in [-0.2, -0.15) is 0 Å². The molecule has 0 saturated carbocycles. The summed E-state index contributed by atoms with van der Waals surface area (Å²) in [6, 6.07) is 9.34. The smallest absolute Gasteiger partial charge is 0.227 e. The molecule has 2 heterocycles. The number of nitrogens with zero attached hydrogens (tertiary/aromatic N) is 2. The van der Waals surface area contributed by atoms with Crippen LogP contribution in [0.1, 0.15) is 22.6 Å². The molecule has 0 N–H and O–H groups in total. The Morgan fingerprint density at radius 1 is 1.16 bits per heavy atom. The zero-order chi connectivity index (χ0) is 22.8. The van der Waals surface area contributed by atoms with Crippen molar-refractivity contribution >= 4 is 17.5 Å². The summed E-state index contributed by atoms with van der Waals surface area (Å²) < 4.78 is 22.4. The lowest BCUT2D eigenvalue weighted by molar-refractivity contribution is -0.131. The van der Waals surface area contributed by atoms with Gasteiger partial charge in [0.15, 0.2) is 11.5 Å². The first kappa shape index (κ1) is 22.0. The summed E-state index contributed by atoms with van der Waals surface area (Å²) in [4.78, 5) is 14.9. The summed E-state index contributed by atoms with van der Waals surface area (Å²) in [6.45, 7) is 4.89. The van der Waals surface area contributed by atoms with E-state index >= 15 is 0 Å². The van der Waals surface area contributed by atoms with E-state index in [1.54, 1.807) is 25.2 Å². The summed E-state index contributed by atoms with van der Waals surface area (Å²) in [6.07, 6.45) is 0.232. The first-order chi connectivity index (χ1) is 15.4. The lowest BCUT2D eigenvalue weighted by atomic mass is 10.00. The predicted molar refractivity (Wildman–Crippen MR) is 121 cm³/mol. The van der Waals surface area contributed by atoms with Crippen LogP contribution in [0.15, 0.2) is 34.9 Å². The second-order valence-electron chi connectivity index (χ2n) is 7.65. The standard InChI is InChI=1S/C24H25ClN2O5/c1-14-19(15(2)32-26-14)12-23(28)27-7-8-31-24-17(13-27)9-16(10-22(24)30-4)20-11-18(25)5-6-21(20)29-3/h5-6,9-11H,7-8,12-13H2,1-4H3. The van der Waals surface area contributed by atoms with Crippen molar-refractivity contribution in [2.45, 2.75) is 26.8 Å². The van der Waals surface area contributed by atoms with E-state index in [0.29, 0.717) is 47.7 Å². The fourth-order valence-corrected chi connectivity index (χ4v) is 4.10. The summed E-state index contributed by atoms with van der Waals surface area (Å²) in [5, 5.41) is 4.55. The Labute approximate surface area is 191 Å². The molecule has 1 aliphatic rings. The van der Waals surface area contributed by atoms with Crippen molar-refractivity contribution in [2.24, 2.45) is 0 Å². The van der Waals surface area contributed by atoms with Crippen molar-refractivity contribution in [2.75, 3.05) is 27.4 Å². The molecular weight excluding hydrogens is 432 g/mol. The topological polar surface area (TPSA) is 74.0 Å². The van der Waals surface area contributed by atoms with Crippen molar-refractivity contribution in [3.63, 3.8) is 0 Å². The average molecular weight is 457 g/mol. The Morgan fingerprint density at radius 2 is 1.94 bits per heavy atom. The maximum absolute atomic E-state index is 13.1. The number of aryl methyl sites for hydroxylation is 2. The van der Waals surface area contributed by atoms with Gasteiger partial charge in [0.05, 0.1) is 32.9 Å². The van der Waals surface area contributed by atoms with Gasteiger partial charge in [-0.3, -0.25) is 4.79 Å². The van der Waals surface area contributed by atoms with Crippen molar-refractivity contribution in [3.8, 4) is 28.4 Å². The van der Waals surface area contributed by atoms with Crippen molar-refractivity contribution in [1.29, 1.82) is 0 Å². The lowest BCUT2D eigenvalue weighted by Crippen LogP contribution is -2.33. The molecule has 4 rings (SSSR count). The first-order valence-electron chi connectivity index (χ1n) is 10.3. The van der Waals surface area contributed by atoms with Gasteiger partial charge in [-0.05, 0) is 49.7 Å². The summed E-state index contributed by atoms with van der Waals surface area (Å²) in [5.41, 5.74) is 4.11. The van der Waals surface area contributed by atoms with Crippen LogP contribution in [-0.2, 0) is 17.8 Å². The molecule has 0 fully saturated rings. The number of aromatic nitrogens is 1. The molecule has 0 bridgehead atoms. The van der Waals surface area contributed by atoms with Crippen LogP contribution < -0.4 is 14.2 Å². The zero-order valence-corrected chi connectivity index (χ0v) is 19.3. The van der Waals surface area contributed by atoms with Crippen molar-refractivity contribution < 1.29 is 23.5 Å². The van der Waals surface area contributed by atoms with Crippen LogP contribution in [-0.4, -0.2) is 43.3 Å². The van der Waals surface area contributed by atoms with E-state index in [4.69, 9.17) is 30.3 Å². The number of benzene rings is 2. The average Bonchev–Trinajstić information content (AvgIpc) is 2.98. The van der Waals surface area contributed by atoms with Crippen LogP contribution >= 0.6 is 11.6 Å². The third kappa shape index (κ3) is 4.25. The SMILES string of the molecule is COc1ccc(Cl)cc1-c1cc2c(c(OC)c1)OCCN(C(=O)Cc1c(C)noc1C)C2. The number of rotatable bonds is 5. The van der Waals surface area contributed by atoms with Gasteiger partial charge < -0.3 is 23.6 Å². The predicted octanol–water partition coefficient (Wildman–Crippen LogP) is 4.59. The van der Waals surface area contributed by atoms with Crippen LogP contribution in [0.2, 0.25) is 5.02 Å². The maximum Gasteiger partial charge on any atom is 0.227 e. The number of hydrogen-bond acceptors (Lipinski definition) is 6. The number of carbonyl (C=O) groups is 1. The highest BCUT2D eigenvalue weighted by molar-refractivity contribution is 6.31. The molecule has 0 unspecified atom stereocenters. The highest BCUT2D eigenvalue weighted by Gasteiger charge is 2.25. The minimum atomic E-state index is -0.0134. The van der Waals surface area contributed by atoms with E-state index in [1.807, 2.05) is 38.1 Å². The van der Waals surface area contributed by atoms with Crippen LogP contribution in [0.3, 0.4) is 0 Å². The van der Waals surface area contributed by atoms with Gasteiger partial charge in [0.1, 0.15) is 18.1 Å². The lowest BCUT2D eigenvalue weighted by Gasteiger charge is -2.20. The molecule has 7 nitrogen and oxygen atoms in total. The number of fused-ring (bicyclic) bond motifs is 1. The van der Waals surface area contributed by atoms with Gasteiger partial charge in [-0.1, -0.05) is 16.8 Å². The van der Waals surface area contributed by atoms with Gasteiger partial charge >= 0.3 is 0 Å². The van der Waals surface area contributed by atoms with Gasteiger partial charge in [-0.15, -0.1) is 0 Å². The Bertz CT molecular complexity index is 1140. The van der Waals surface area contributed by atoms with Gasteiger partial charge in [-0.25, -0.2) is 0 Å². The number of halogens is 1. The van der Waals surface area contributed by atoms with Crippen molar-refractivity contribution in [3.05, 3.63) is 57.9 Å². The fourth-order valence-electron chi connectivity index (χ4n) is 3.93. The highest BCUT2D eigenvalue weighted by Crippen LogP contribution is 2.41. The Balaban J connectivity index is 1.70. The van der Waals surface area contributed by atoms with Crippen LogP contribution in [0, 0.1) is 13.8 Å². The normalized spacial score (nSPS) is 13.2. The molecule has 0 spiro atoms. The molecule has 0 radical (unpaired) electrons. The van der Waals surface area contributed by atoms with Gasteiger partial charge in [0, 0.05) is 28.3 Å². The molecule has 1 aliphatic heterocycles. The van der Waals surface area contributed by atoms with Gasteiger partial charge in [0.2, 0.25) is 5.91 Å².